The number of nitrogens with zero attached hydrogens (tertiary/aromatic N) is 2. The van der Waals surface area contributed by atoms with Gasteiger partial charge in [0.1, 0.15) is 5.82 Å². The lowest BCUT2D eigenvalue weighted by atomic mass is 9.76. The van der Waals surface area contributed by atoms with Crippen molar-refractivity contribution in [3.05, 3.63) is 53.6 Å². The average Bonchev–Trinajstić information content (AvgIpc) is 2.78. The largest absolute Gasteiger partial charge is 0.314 e. The molecule has 1 aromatic heterocycles. The standard InChI is InChI=1S/C16H20FN3/c1-20-16(6-8-19-20)5-7-18-15-10-13(11-15)12-3-2-4-14(17)9-12/h2-4,6,8-9,13,15,18H,5,7,10-11H2,1H3. The second-order valence-electron chi connectivity index (χ2n) is 5.57. The van der Waals surface area contributed by atoms with E-state index in [1.54, 1.807) is 12.1 Å². The van der Waals surface area contributed by atoms with Crippen LogP contribution in [0.2, 0.25) is 0 Å². The average molecular weight is 273 g/mol. The van der Waals surface area contributed by atoms with Crippen LogP contribution in [-0.4, -0.2) is 22.4 Å². The molecule has 1 saturated carbocycles. The second-order valence-corrected chi connectivity index (χ2v) is 5.57. The van der Waals surface area contributed by atoms with Crippen LogP contribution in [0, 0.1) is 5.82 Å². The van der Waals surface area contributed by atoms with Crippen LogP contribution in [0.3, 0.4) is 0 Å². The number of benzene rings is 1. The Morgan fingerprint density at radius 3 is 2.90 bits per heavy atom. The Balaban J connectivity index is 1.41. The molecule has 106 valence electrons. The third-order valence-electron chi connectivity index (χ3n) is 4.19. The van der Waals surface area contributed by atoms with Gasteiger partial charge in [0, 0.05) is 37.9 Å². The molecule has 0 aliphatic heterocycles. The van der Waals surface area contributed by atoms with Gasteiger partial charge in [-0.15, -0.1) is 0 Å². The summed E-state index contributed by atoms with van der Waals surface area (Å²) >= 11 is 0. The van der Waals surface area contributed by atoms with E-state index in [0.717, 1.165) is 31.4 Å². The van der Waals surface area contributed by atoms with E-state index in [9.17, 15) is 4.39 Å². The van der Waals surface area contributed by atoms with Gasteiger partial charge in [0.2, 0.25) is 0 Å². The Bertz CT molecular complexity index is 573. The van der Waals surface area contributed by atoms with Crippen molar-refractivity contribution in [1.82, 2.24) is 15.1 Å². The van der Waals surface area contributed by atoms with E-state index < -0.39 is 0 Å². The molecule has 4 heteroatoms. The number of nitrogens with one attached hydrogen (secondary N) is 1. The highest BCUT2D eigenvalue weighted by atomic mass is 19.1. The highest BCUT2D eigenvalue weighted by molar-refractivity contribution is 5.23. The van der Waals surface area contributed by atoms with E-state index in [-0.39, 0.29) is 5.82 Å². The Kier molecular flexibility index (Phi) is 3.83. The van der Waals surface area contributed by atoms with Gasteiger partial charge in [0.15, 0.2) is 0 Å². The van der Waals surface area contributed by atoms with E-state index in [0.29, 0.717) is 12.0 Å². The molecular formula is C16H20FN3. The summed E-state index contributed by atoms with van der Waals surface area (Å²) in [6, 6.07) is 9.62. The first kappa shape index (κ1) is 13.3. The molecule has 1 N–H and O–H groups in total. The van der Waals surface area contributed by atoms with Gasteiger partial charge in [0.25, 0.3) is 0 Å². The van der Waals surface area contributed by atoms with Crippen molar-refractivity contribution in [2.24, 2.45) is 7.05 Å². The first-order valence-corrected chi connectivity index (χ1v) is 7.18. The molecule has 0 amide bonds. The van der Waals surface area contributed by atoms with Crippen molar-refractivity contribution in [1.29, 1.82) is 0 Å². The number of rotatable bonds is 5. The van der Waals surface area contributed by atoms with E-state index >= 15 is 0 Å². The molecule has 1 fully saturated rings. The third kappa shape index (κ3) is 2.90. The minimum absolute atomic E-state index is 0.130. The van der Waals surface area contributed by atoms with Crippen molar-refractivity contribution in [2.45, 2.75) is 31.2 Å². The zero-order valence-corrected chi connectivity index (χ0v) is 11.7. The van der Waals surface area contributed by atoms with Gasteiger partial charge in [-0.05, 0) is 42.5 Å². The Morgan fingerprint density at radius 1 is 1.35 bits per heavy atom. The fourth-order valence-electron chi connectivity index (χ4n) is 2.87. The maximum Gasteiger partial charge on any atom is 0.123 e. The van der Waals surface area contributed by atoms with Crippen molar-refractivity contribution in [3.63, 3.8) is 0 Å². The highest BCUT2D eigenvalue weighted by Crippen LogP contribution is 2.36. The summed E-state index contributed by atoms with van der Waals surface area (Å²) in [4.78, 5) is 0. The van der Waals surface area contributed by atoms with Crippen LogP contribution in [0.1, 0.15) is 30.0 Å². The quantitative estimate of drug-likeness (QED) is 0.907. The summed E-state index contributed by atoms with van der Waals surface area (Å²) in [6.07, 6.45) is 5.04. The molecule has 0 radical (unpaired) electrons. The van der Waals surface area contributed by atoms with E-state index in [1.807, 2.05) is 24.0 Å². The lowest BCUT2D eigenvalue weighted by molar-refractivity contribution is 0.291. The van der Waals surface area contributed by atoms with Crippen molar-refractivity contribution in [2.75, 3.05) is 6.54 Å². The number of aryl methyl sites for hydroxylation is 1. The maximum absolute atomic E-state index is 13.2. The van der Waals surface area contributed by atoms with Gasteiger partial charge in [0.05, 0.1) is 0 Å². The third-order valence-corrected chi connectivity index (χ3v) is 4.19. The molecule has 1 heterocycles. The molecule has 3 nitrogen and oxygen atoms in total. The monoisotopic (exact) mass is 273 g/mol. The normalized spacial score (nSPS) is 21.7. The molecule has 3 rings (SSSR count). The molecule has 0 saturated heterocycles. The molecular weight excluding hydrogens is 253 g/mol. The van der Waals surface area contributed by atoms with Crippen molar-refractivity contribution >= 4 is 0 Å². The molecule has 0 spiro atoms. The van der Waals surface area contributed by atoms with Crippen LogP contribution in [0.4, 0.5) is 4.39 Å². The van der Waals surface area contributed by atoms with Gasteiger partial charge in [-0.2, -0.15) is 5.10 Å². The van der Waals surface area contributed by atoms with Crippen LogP contribution < -0.4 is 5.32 Å². The van der Waals surface area contributed by atoms with Crippen LogP contribution >= 0.6 is 0 Å². The first-order valence-electron chi connectivity index (χ1n) is 7.18. The Morgan fingerprint density at radius 2 is 2.20 bits per heavy atom. The first-order chi connectivity index (χ1) is 9.72. The molecule has 0 atom stereocenters. The van der Waals surface area contributed by atoms with Gasteiger partial charge in [-0.3, -0.25) is 4.68 Å². The number of hydrogen-bond donors (Lipinski definition) is 1. The van der Waals surface area contributed by atoms with Gasteiger partial charge < -0.3 is 5.32 Å². The molecule has 2 aromatic rings. The summed E-state index contributed by atoms with van der Waals surface area (Å²) in [5.41, 5.74) is 2.38. The minimum Gasteiger partial charge on any atom is -0.314 e. The predicted octanol–water partition coefficient (Wildman–Crippen LogP) is 2.64. The van der Waals surface area contributed by atoms with Gasteiger partial charge in [-0.1, -0.05) is 12.1 Å². The summed E-state index contributed by atoms with van der Waals surface area (Å²) in [7, 11) is 1.97. The highest BCUT2D eigenvalue weighted by Gasteiger charge is 2.29. The Hall–Kier alpha value is -1.68. The SMILES string of the molecule is Cn1nccc1CCNC1CC(c2cccc(F)c2)C1. The van der Waals surface area contributed by atoms with Crippen molar-refractivity contribution < 1.29 is 4.39 Å². The molecule has 20 heavy (non-hydrogen) atoms. The van der Waals surface area contributed by atoms with E-state index in [2.05, 4.69) is 16.5 Å². The van der Waals surface area contributed by atoms with Crippen LogP contribution in [0.15, 0.2) is 36.5 Å². The predicted molar refractivity (Wildman–Crippen MR) is 77.1 cm³/mol. The van der Waals surface area contributed by atoms with Crippen LogP contribution in [0.5, 0.6) is 0 Å². The fraction of sp³-hybridized carbons (Fsp3) is 0.438. The maximum atomic E-state index is 13.2. The number of halogens is 1. The van der Waals surface area contributed by atoms with Gasteiger partial charge in [-0.25, -0.2) is 4.39 Å². The lowest BCUT2D eigenvalue weighted by Gasteiger charge is -2.36. The molecule has 1 aromatic carbocycles. The smallest absolute Gasteiger partial charge is 0.123 e. The molecule has 1 aliphatic rings. The number of aromatic nitrogens is 2. The topological polar surface area (TPSA) is 29.9 Å². The van der Waals surface area contributed by atoms with E-state index in [1.165, 1.54) is 11.8 Å². The Labute approximate surface area is 118 Å². The van der Waals surface area contributed by atoms with Crippen molar-refractivity contribution in [3.8, 4) is 0 Å². The summed E-state index contributed by atoms with van der Waals surface area (Å²) in [6.45, 7) is 0.972. The second kappa shape index (κ2) is 5.75. The summed E-state index contributed by atoms with van der Waals surface area (Å²) in [5.74, 6) is 0.384. The van der Waals surface area contributed by atoms with Crippen LogP contribution in [0.25, 0.3) is 0 Å². The molecule has 0 unspecified atom stereocenters. The fourth-order valence-corrected chi connectivity index (χ4v) is 2.87. The lowest BCUT2D eigenvalue weighted by Crippen LogP contribution is -2.41. The van der Waals surface area contributed by atoms with Gasteiger partial charge >= 0.3 is 0 Å². The zero-order valence-electron chi connectivity index (χ0n) is 11.7. The molecule has 0 bridgehead atoms. The van der Waals surface area contributed by atoms with Crippen LogP contribution in [-0.2, 0) is 13.5 Å². The zero-order chi connectivity index (χ0) is 13.9. The summed E-state index contributed by atoms with van der Waals surface area (Å²) < 4.78 is 15.1. The summed E-state index contributed by atoms with van der Waals surface area (Å²) in [5, 5.41) is 7.73. The molecule has 1 aliphatic carbocycles. The van der Waals surface area contributed by atoms with E-state index in [4.69, 9.17) is 0 Å². The minimum atomic E-state index is -0.130. The number of hydrogen-bond acceptors (Lipinski definition) is 2.